The molecule has 19 heavy (non-hydrogen) atoms. The predicted octanol–water partition coefficient (Wildman–Crippen LogP) is 2.68. The van der Waals surface area contributed by atoms with Crippen molar-refractivity contribution in [1.29, 1.82) is 0 Å². The number of benzene rings is 1. The third-order valence-corrected chi connectivity index (χ3v) is 3.73. The first-order chi connectivity index (χ1) is 9.08. The molecule has 0 spiro atoms. The lowest BCUT2D eigenvalue weighted by Crippen LogP contribution is -2.23. The van der Waals surface area contributed by atoms with Crippen LogP contribution < -0.4 is 5.32 Å². The zero-order valence-electron chi connectivity index (χ0n) is 10.6. The van der Waals surface area contributed by atoms with Crippen molar-refractivity contribution in [2.24, 2.45) is 7.05 Å². The smallest absolute Gasteiger partial charge is 0.237 e. The van der Waals surface area contributed by atoms with Crippen molar-refractivity contribution in [1.82, 2.24) is 9.55 Å². The van der Waals surface area contributed by atoms with E-state index >= 15 is 0 Å². The minimum Gasteiger partial charge on any atom is -0.329 e. The van der Waals surface area contributed by atoms with E-state index in [1.165, 1.54) is 23.9 Å². The molecule has 6 heteroatoms. The summed E-state index contributed by atoms with van der Waals surface area (Å²) in [6.45, 7) is 1.76. The number of nitrogens with one attached hydrogen (secondary N) is 1. The molecule has 100 valence electrons. The van der Waals surface area contributed by atoms with Gasteiger partial charge in [-0.05, 0) is 19.1 Å². The zero-order chi connectivity index (χ0) is 13.8. The molecule has 1 heterocycles. The largest absolute Gasteiger partial charge is 0.329 e. The molecular weight excluding hydrogens is 265 g/mol. The molecular formula is C13H14FN3OS. The van der Waals surface area contributed by atoms with Gasteiger partial charge in [0.25, 0.3) is 0 Å². The summed E-state index contributed by atoms with van der Waals surface area (Å²) in [5.41, 5.74) is 0.194. The van der Waals surface area contributed by atoms with Gasteiger partial charge in [0, 0.05) is 19.4 Å². The number of thioether (sulfide) groups is 1. The highest BCUT2D eigenvalue weighted by Gasteiger charge is 2.17. The molecule has 1 N–H and O–H groups in total. The second-order valence-electron chi connectivity index (χ2n) is 4.05. The number of halogens is 1. The second kappa shape index (κ2) is 5.88. The maximum absolute atomic E-state index is 13.4. The monoisotopic (exact) mass is 279 g/mol. The van der Waals surface area contributed by atoms with E-state index in [4.69, 9.17) is 0 Å². The fourth-order valence-electron chi connectivity index (χ4n) is 1.47. The Morgan fingerprint density at radius 2 is 2.21 bits per heavy atom. The van der Waals surface area contributed by atoms with Gasteiger partial charge in [0.15, 0.2) is 5.16 Å². The van der Waals surface area contributed by atoms with Crippen LogP contribution >= 0.6 is 11.8 Å². The maximum Gasteiger partial charge on any atom is 0.237 e. The summed E-state index contributed by atoms with van der Waals surface area (Å²) >= 11 is 1.33. The summed E-state index contributed by atoms with van der Waals surface area (Å²) in [7, 11) is 1.86. The van der Waals surface area contributed by atoms with Gasteiger partial charge in [-0.15, -0.1) is 0 Å². The number of para-hydroxylation sites is 1. The van der Waals surface area contributed by atoms with E-state index in [2.05, 4.69) is 10.3 Å². The van der Waals surface area contributed by atoms with Crippen molar-refractivity contribution < 1.29 is 9.18 Å². The van der Waals surface area contributed by atoms with Crippen molar-refractivity contribution in [3.8, 4) is 0 Å². The first-order valence-corrected chi connectivity index (χ1v) is 6.65. The molecule has 4 nitrogen and oxygen atoms in total. The van der Waals surface area contributed by atoms with E-state index in [0.717, 1.165) is 5.16 Å². The Kier molecular flexibility index (Phi) is 4.21. The van der Waals surface area contributed by atoms with Crippen LogP contribution in [0.4, 0.5) is 10.1 Å². The molecule has 0 aliphatic rings. The van der Waals surface area contributed by atoms with E-state index < -0.39 is 5.82 Å². The third-order valence-electron chi connectivity index (χ3n) is 2.56. The summed E-state index contributed by atoms with van der Waals surface area (Å²) < 4.78 is 15.2. The van der Waals surface area contributed by atoms with Crippen LogP contribution in [0.2, 0.25) is 0 Å². The summed E-state index contributed by atoms with van der Waals surface area (Å²) in [5, 5.41) is 2.96. The highest BCUT2D eigenvalue weighted by Crippen LogP contribution is 2.22. The van der Waals surface area contributed by atoms with Crippen LogP contribution in [0, 0.1) is 5.82 Å². The van der Waals surface area contributed by atoms with Gasteiger partial charge in [0.05, 0.1) is 10.9 Å². The SMILES string of the molecule is C[C@H](Sc1nccn1C)C(=O)Nc1ccccc1F. The van der Waals surface area contributed by atoms with Crippen molar-refractivity contribution in [3.05, 3.63) is 42.5 Å². The Morgan fingerprint density at radius 3 is 2.84 bits per heavy atom. The van der Waals surface area contributed by atoms with E-state index in [1.807, 2.05) is 17.8 Å². The molecule has 0 saturated carbocycles. The van der Waals surface area contributed by atoms with E-state index in [1.54, 1.807) is 25.3 Å². The molecule has 1 aromatic carbocycles. The Labute approximate surface area is 115 Å². The number of amides is 1. The van der Waals surface area contributed by atoms with Gasteiger partial charge in [-0.25, -0.2) is 9.37 Å². The van der Waals surface area contributed by atoms with Crippen LogP contribution in [-0.4, -0.2) is 20.7 Å². The molecule has 0 bridgehead atoms. The van der Waals surface area contributed by atoms with Gasteiger partial charge in [-0.1, -0.05) is 23.9 Å². The lowest BCUT2D eigenvalue weighted by molar-refractivity contribution is -0.115. The van der Waals surface area contributed by atoms with Crippen LogP contribution in [0.25, 0.3) is 0 Å². The quantitative estimate of drug-likeness (QED) is 0.875. The number of anilines is 1. The standard InChI is InChI=1S/C13H14FN3OS/c1-9(19-13-15-7-8-17(13)2)12(18)16-11-6-4-3-5-10(11)14/h3-9H,1-2H3,(H,16,18)/t9-/m0/s1. The number of hydrogen-bond acceptors (Lipinski definition) is 3. The summed E-state index contributed by atoms with van der Waals surface area (Å²) in [4.78, 5) is 16.1. The van der Waals surface area contributed by atoms with E-state index in [9.17, 15) is 9.18 Å². The average molecular weight is 279 g/mol. The molecule has 0 radical (unpaired) electrons. The summed E-state index contributed by atoms with van der Waals surface area (Å²) in [6, 6.07) is 6.10. The van der Waals surface area contributed by atoms with Crippen LogP contribution in [0.5, 0.6) is 0 Å². The summed E-state index contributed by atoms with van der Waals surface area (Å²) in [6.07, 6.45) is 3.48. The molecule has 2 aromatic rings. The molecule has 1 amide bonds. The number of hydrogen-bond donors (Lipinski definition) is 1. The van der Waals surface area contributed by atoms with Crippen LogP contribution in [0.1, 0.15) is 6.92 Å². The fraction of sp³-hybridized carbons (Fsp3) is 0.231. The Balaban J connectivity index is 2.00. The Bertz CT molecular complexity index is 585. The van der Waals surface area contributed by atoms with Crippen molar-refractivity contribution in [2.45, 2.75) is 17.3 Å². The number of rotatable bonds is 4. The van der Waals surface area contributed by atoms with E-state index in [0.29, 0.717) is 0 Å². The second-order valence-corrected chi connectivity index (χ2v) is 5.36. The number of aromatic nitrogens is 2. The number of imidazole rings is 1. The molecule has 0 fully saturated rings. The van der Waals surface area contributed by atoms with Gasteiger partial charge in [0.1, 0.15) is 5.82 Å². The van der Waals surface area contributed by atoms with Crippen molar-refractivity contribution in [3.63, 3.8) is 0 Å². The lowest BCUT2D eigenvalue weighted by atomic mass is 10.3. The van der Waals surface area contributed by atoms with Crippen LogP contribution in [0.15, 0.2) is 41.8 Å². The molecule has 2 rings (SSSR count). The number of nitrogens with zero attached hydrogens (tertiary/aromatic N) is 2. The topological polar surface area (TPSA) is 46.9 Å². The molecule has 1 atom stereocenters. The molecule has 0 aliphatic carbocycles. The van der Waals surface area contributed by atoms with Gasteiger partial charge in [0.2, 0.25) is 5.91 Å². The average Bonchev–Trinajstić information content (AvgIpc) is 2.78. The predicted molar refractivity (Wildman–Crippen MR) is 73.6 cm³/mol. The molecule has 0 saturated heterocycles. The minimum atomic E-state index is -0.440. The molecule has 0 unspecified atom stereocenters. The number of carbonyl (C=O) groups is 1. The summed E-state index contributed by atoms with van der Waals surface area (Å²) in [5.74, 6) is -0.692. The van der Waals surface area contributed by atoms with Gasteiger partial charge in [-0.2, -0.15) is 0 Å². The van der Waals surface area contributed by atoms with E-state index in [-0.39, 0.29) is 16.8 Å². The van der Waals surface area contributed by atoms with Gasteiger partial charge < -0.3 is 9.88 Å². The minimum absolute atomic E-state index is 0.194. The fourth-order valence-corrected chi connectivity index (χ4v) is 2.31. The first kappa shape index (κ1) is 13.6. The van der Waals surface area contributed by atoms with Crippen molar-refractivity contribution >= 4 is 23.4 Å². The van der Waals surface area contributed by atoms with Gasteiger partial charge >= 0.3 is 0 Å². The Hall–Kier alpha value is -1.82. The first-order valence-electron chi connectivity index (χ1n) is 5.77. The van der Waals surface area contributed by atoms with Crippen LogP contribution in [0.3, 0.4) is 0 Å². The number of carbonyl (C=O) groups excluding carboxylic acids is 1. The van der Waals surface area contributed by atoms with Crippen LogP contribution in [-0.2, 0) is 11.8 Å². The Morgan fingerprint density at radius 1 is 1.47 bits per heavy atom. The highest BCUT2D eigenvalue weighted by atomic mass is 32.2. The van der Waals surface area contributed by atoms with Crippen molar-refractivity contribution in [2.75, 3.05) is 5.32 Å². The normalized spacial score (nSPS) is 12.2. The number of aryl methyl sites for hydroxylation is 1. The third kappa shape index (κ3) is 3.35. The molecule has 0 aliphatic heterocycles. The zero-order valence-corrected chi connectivity index (χ0v) is 11.4. The maximum atomic E-state index is 13.4. The molecule has 1 aromatic heterocycles. The highest BCUT2D eigenvalue weighted by molar-refractivity contribution is 8.00. The lowest BCUT2D eigenvalue weighted by Gasteiger charge is -2.12. The van der Waals surface area contributed by atoms with Gasteiger partial charge in [-0.3, -0.25) is 4.79 Å².